The topological polar surface area (TPSA) is 103 Å². The van der Waals surface area contributed by atoms with Crippen molar-refractivity contribution >= 4 is 23.3 Å². The summed E-state index contributed by atoms with van der Waals surface area (Å²) in [4.78, 5) is 24.0. The minimum atomic E-state index is -0.821. The maximum absolute atomic E-state index is 12.3. The molecule has 1 amide bonds. The number of aliphatic hydroxyl groups is 1. The zero-order chi connectivity index (χ0) is 15.4. The quantitative estimate of drug-likeness (QED) is 0.809. The predicted octanol–water partition coefficient (Wildman–Crippen LogP) is 0.432. The van der Waals surface area contributed by atoms with Crippen LogP contribution < -0.4 is 5.01 Å². The second kappa shape index (κ2) is 6.15. The molecule has 0 fully saturated rings. The van der Waals surface area contributed by atoms with E-state index < -0.39 is 17.8 Å². The van der Waals surface area contributed by atoms with Crippen LogP contribution in [0.25, 0.3) is 0 Å². The van der Waals surface area contributed by atoms with Gasteiger partial charge in [-0.05, 0) is 30.7 Å². The van der Waals surface area contributed by atoms with Crippen molar-refractivity contribution in [1.82, 2.24) is 0 Å². The first-order valence-electron chi connectivity index (χ1n) is 6.24. The second-order valence-corrected chi connectivity index (χ2v) is 4.35. The van der Waals surface area contributed by atoms with Crippen molar-refractivity contribution in [3.63, 3.8) is 0 Å². The Morgan fingerprint density at radius 3 is 2.67 bits per heavy atom. The molecule has 1 atom stereocenters. The Morgan fingerprint density at radius 2 is 2.14 bits per heavy atom. The number of hydrogen-bond acceptors (Lipinski definition) is 6. The van der Waals surface area contributed by atoms with Gasteiger partial charge >= 0.3 is 5.97 Å². The number of nitrogens with zero attached hydrogens (tertiary/aromatic N) is 3. The Labute approximate surface area is 121 Å². The van der Waals surface area contributed by atoms with Gasteiger partial charge in [0.15, 0.2) is 5.71 Å². The zero-order valence-corrected chi connectivity index (χ0v) is 11.3. The molecule has 0 unspecified atom stereocenters. The number of methoxy groups -OCH3 is 1. The van der Waals surface area contributed by atoms with Crippen LogP contribution in [0, 0.1) is 17.2 Å². The van der Waals surface area contributed by atoms with E-state index in [1.54, 1.807) is 24.3 Å². The Kier molecular flexibility index (Phi) is 4.30. The van der Waals surface area contributed by atoms with E-state index in [-0.39, 0.29) is 18.7 Å². The number of esters is 1. The molecule has 7 heteroatoms. The van der Waals surface area contributed by atoms with Gasteiger partial charge in [-0.1, -0.05) is 0 Å². The minimum Gasteiger partial charge on any atom is -0.464 e. The summed E-state index contributed by atoms with van der Waals surface area (Å²) in [6.45, 7) is -0.242. The van der Waals surface area contributed by atoms with E-state index in [9.17, 15) is 9.59 Å². The van der Waals surface area contributed by atoms with Gasteiger partial charge in [-0.15, -0.1) is 0 Å². The Hall–Kier alpha value is -2.72. The van der Waals surface area contributed by atoms with E-state index in [1.165, 1.54) is 7.11 Å². The number of ether oxygens (including phenoxy) is 1. The number of amides is 1. The molecule has 7 nitrogen and oxygen atoms in total. The molecule has 108 valence electrons. The van der Waals surface area contributed by atoms with Gasteiger partial charge in [-0.2, -0.15) is 15.4 Å². The molecule has 0 radical (unpaired) electrons. The maximum atomic E-state index is 12.3. The number of nitriles is 1. The molecule has 0 spiro atoms. The molecule has 1 N–H and O–H groups in total. The zero-order valence-electron chi connectivity index (χ0n) is 11.3. The largest absolute Gasteiger partial charge is 0.464 e. The summed E-state index contributed by atoms with van der Waals surface area (Å²) in [6, 6.07) is 8.21. The normalized spacial score (nSPS) is 17.4. The van der Waals surface area contributed by atoms with Gasteiger partial charge in [0.05, 0.1) is 30.3 Å². The number of carbonyl (C=O) groups excluding carboxylic acids is 2. The highest BCUT2D eigenvalue weighted by molar-refractivity contribution is 6.44. The SMILES string of the molecule is COC(=O)C1=NN(c2ccc(C#N)cc2)C(=O)[C@@H]1CCO. The third kappa shape index (κ3) is 2.75. The predicted molar refractivity (Wildman–Crippen MR) is 73.3 cm³/mol. The van der Waals surface area contributed by atoms with Gasteiger partial charge in [-0.25, -0.2) is 4.79 Å². The van der Waals surface area contributed by atoms with Crippen LogP contribution >= 0.6 is 0 Å². The number of hydrazone groups is 1. The first kappa shape index (κ1) is 14.7. The van der Waals surface area contributed by atoms with Crippen LogP contribution in [0.3, 0.4) is 0 Å². The fourth-order valence-electron chi connectivity index (χ4n) is 2.03. The van der Waals surface area contributed by atoms with Crippen molar-refractivity contribution in [2.45, 2.75) is 6.42 Å². The molecule has 21 heavy (non-hydrogen) atoms. The number of anilines is 1. The molecule has 1 aromatic rings. The fraction of sp³-hybridized carbons (Fsp3) is 0.286. The highest BCUT2D eigenvalue weighted by Crippen LogP contribution is 2.26. The number of hydrogen-bond donors (Lipinski definition) is 1. The molecule has 0 saturated carbocycles. The summed E-state index contributed by atoms with van der Waals surface area (Å²) in [5.74, 6) is -1.93. The summed E-state index contributed by atoms with van der Waals surface area (Å²) in [6.07, 6.45) is 0.0968. The standard InChI is InChI=1S/C14H13N3O4/c1-21-14(20)12-11(6-7-18)13(19)17(16-12)10-4-2-9(8-15)3-5-10/h2-5,11,18H,6-7H2,1H3/t11-/m1/s1. The van der Waals surface area contributed by atoms with E-state index in [1.807, 2.05) is 6.07 Å². The van der Waals surface area contributed by atoms with E-state index in [0.29, 0.717) is 11.3 Å². The van der Waals surface area contributed by atoms with Crippen molar-refractivity contribution in [2.24, 2.45) is 11.0 Å². The van der Waals surface area contributed by atoms with Crippen LogP contribution in [0.1, 0.15) is 12.0 Å². The smallest absolute Gasteiger partial charge is 0.355 e. The first-order valence-corrected chi connectivity index (χ1v) is 6.24. The lowest BCUT2D eigenvalue weighted by atomic mass is 10.00. The molecule has 1 aliphatic rings. The number of carbonyl (C=O) groups is 2. The molecule has 0 bridgehead atoms. The summed E-state index contributed by atoms with van der Waals surface area (Å²) in [7, 11) is 1.20. The van der Waals surface area contributed by atoms with E-state index in [0.717, 1.165) is 5.01 Å². The summed E-state index contributed by atoms with van der Waals surface area (Å²) < 4.78 is 4.61. The van der Waals surface area contributed by atoms with Gasteiger partial charge in [0.1, 0.15) is 0 Å². The lowest BCUT2D eigenvalue weighted by molar-refractivity contribution is -0.133. The number of aliphatic hydroxyl groups excluding tert-OH is 1. The van der Waals surface area contributed by atoms with Crippen LogP contribution in [0.5, 0.6) is 0 Å². The Balaban J connectivity index is 2.35. The molecular formula is C14H13N3O4. The molecule has 1 aliphatic heterocycles. The fourth-order valence-corrected chi connectivity index (χ4v) is 2.03. The van der Waals surface area contributed by atoms with Crippen molar-refractivity contribution in [1.29, 1.82) is 5.26 Å². The van der Waals surface area contributed by atoms with Crippen LogP contribution in [0.15, 0.2) is 29.4 Å². The summed E-state index contributed by atoms with van der Waals surface area (Å²) >= 11 is 0. The van der Waals surface area contributed by atoms with Crippen molar-refractivity contribution < 1.29 is 19.4 Å². The third-order valence-corrected chi connectivity index (χ3v) is 3.10. The van der Waals surface area contributed by atoms with E-state index in [2.05, 4.69) is 9.84 Å². The average molecular weight is 287 g/mol. The van der Waals surface area contributed by atoms with E-state index >= 15 is 0 Å². The van der Waals surface area contributed by atoms with Gasteiger partial charge < -0.3 is 9.84 Å². The van der Waals surface area contributed by atoms with Gasteiger partial charge in [-0.3, -0.25) is 4.79 Å². The van der Waals surface area contributed by atoms with Crippen LogP contribution in [-0.4, -0.2) is 36.4 Å². The average Bonchev–Trinajstić information content (AvgIpc) is 2.84. The molecule has 2 rings (SSSR count). The molecule has 0 saturated heterocycles. The Morgan fingerprint density at radius 1 is 1.48 bits per heavy atom. The van der Waals surface area contributed by atoms with Crippen LogP contribution in [0.4, 0.5) is 5.69 Å². The third-order valence-electron chi connectivity index (χ3n) is 3.10. The molecule has 0 aliphatic carbocycles. The molecule has 1 aromatic carbocycles. The highest BCUT2D eigenvalue weighted by Gasteiger charge is 2.40. The van der Waals surface area contributed by atoms with Crippen molar-refractivity contribution in [2.75, 3.05) is 18.7 Å². The molecule has 0 aromatic heterocycles. The van der Waals surface area contributed by atoms with Crippen molar-refractivity contribution in [3.8, 4) is 6.07 Å². The summed E-state index contributed by atoms with van der Waals surface area (Å²) in [5, 5.41) is 22.9. The van der Waals surface area contributed by atoms with Gasteiger partial charge in [0.25, 0.3) is 5.91 Å². The lowest BCUT2D eigenvalue weighted by Gasteiger charge is -2.13. The second-order valence-electron chi connectivity index (χ2n) is 4.35. The lowest BCUT2D eigenvalue weighted by Crippen LogP contribution is -2.31. The van der Waals surface area contributed by atoms with Crippen LogP contribution in [0.2, 0.25) is 0 Å². The maximum Gasteiger partial charge on any atom is 0.355 e. The molecular weight excluding hydrogens is 274 g/mol. The number of rotatable bonds is 4. The van der Waals surface area contributed by atoms with Gasteiger partial charge in [0, 0.05) is 6.61 Å². The highest BCUT2D eigenvalue weighted by atomic mass is 16.5. The summed E-state index contributed by atoms with van der Waals surface area (Å²) in [5.41, 5.74) is 0.872. The van der Waals surface area contributed by atoms with Crippen molar-refractivity contribution in [3.05, 3.63) is 29.8 Å². The van der Waals surface area contributed by atoms with E-state index in [4.69, 9.17) is 10.4 Å². The minimum absolute atomic E-state index is 0.0269. The van der Waals surface area contributed by atoms with Gasteiger partial charge in [0.2, 0.25) is 0 Å². The number of benzene rings is 1. The van der Waals surface area contributed by atoms with Crippen LogP contribution in [-0.2, 0) is 14.3 Å². The Bertz CT molecular complexity index is 631. The first-order chi connectivity index (χ1) is 10.1. The molecule has 1 heterocycles. The monoisotopic (exact) mass is 287 g/mol.